The van der Waals surface area contributed by atoms with Crippen molar-refractivity contribution < 1.29 is 4.52 Å². The van der Waals surface area contributed by atoms with Gasteiger partial charge in [0.05, 0.1) is 6.04 Å². The van der Waals surface area contributed by atoms with Crippen LogP contribution in [0.3, 0.4) is 0 Å². The number of hydrogen-bond donors (Lipinski definition) is 1. The molecule has 0 saturated carbocycles. The van der Waals surface area contributed by atoms with Crippen LogP contribution in [0.2, 0.25) is 0 Å². The second-order valence-corrected chi connectivity index (χ2v) is 4.09. The Labute approximate surface area is 106 Å². The van der Waals surface area contributed by atoms with Crippen molar-refractivity contribution in [3.05, 3.63) is 47.1 Å². The number of benzene rings is 1. The smallest absolute Gasteiger partial charge is 0.244 e. The molecule has 0 amide bonds. The number of hydrogen-bond acceptors (Lipinski definition) is 4. The fraction of sp³-hybridized carbons (Fsp3) is 0.333. The SMILES string of the molecule is Cc1noc([C@H]2Cc3ccccc3CN2)n1.Cl. The molecule has 1 aliphatic heterocycles. The van der Waals surface area contributed by atoms with Gasteiger partial charge < -0.3 is 9.84 Å². The normalized spacial score (nSPS) is 18.3. The largest absolute Gasteiger partial charge is 0.338 e. The van der Waals surface area contributed by atoms with Crippen LogP contribution in [-0.2, 0) is 13.0 Å². The summed E-state index contributed by atoms with van der Waals surface area (Å²) in [6.07, 6.45) is 0.914. The highest BCUT2D eigenvalue weighted by molar-refractivity contribution is 5.85. The van der Waals surface area contributed by atoms with E-state index in [-0.39, 0.29) is 18.4 Å². The Balaban J connectivity index is 0.00000108. The van der Waals surface area contributed by atoms with Crippen molar-refractivity contribution in [2.75, 3.05) is 0 Å². The Morgan fingerprint density at radius 3 is 2.76 bits per heavy atom. The summed E-state index contributed by atoms with van der Waals surface area (Å²) in [6.45, 7) is 2.70. The standard InChI is InChI=1S/C12H13N3O.ClH/c1-8-14-12(16-15-8)11-6-9-4-2-3-5-10(9)7-13-11;/h2-5,11,13H,6-7H2,1H3;1H/t11-;/m1./s1. The molecule has 1 N–H and O–H groups in total. The van der Waals surface area contributed by atoms with E-state index in [0.29, 0.717) is 11.7 Å². The average molecular weight is 252 g/mol. The number of aryl methyl sites for hydroxylation is 1. The van der Waals surface area contributed by atoms with Gasteiger partial charge in [0.1, 0.15) is 0 Å². The quantitative estimate of drug-likeness (QED) is 0.844. The number of fused-ring (bicyclic) bond motifs is 1. The molecule has 0 bridgehead atoms. The zero-order valence-corrected chi connectivity index (χ0v) is 10.3. The molecule has 3 rings (SSSR count). The number of aromatic nitrogens is 2. The van der Waals surface area contributed by atoms with Crippen molar-refractivity contribution in [3.63, 3.8) is 0 Å². The van der Waals surface area contributed by atoms with Gasteiger partial charge in [0, 0.05) is 6.54 Å². The Kier molecular flexibility index (Phi) is 3.45. The average Bonchev–Trinajstić information content (AvgIpc) is 2.75. The summed E-state index contributed by atoms with van der Waals surface area (Å²) in [5, 5.41) is 7.23. The molecular formula is C12H14ClN3O. The van der Waals surface area contributed by atoms with Crippen molar-refractivity contribution in [1.82, 2.24) is 15.5 Å². The molecule has 0 spiro atoms. The molecule has 1 aromatic heterocycles. The zero-order chi connectivity index (χ0) is 11.0. The number of halogens is 1. The molecule has 2 heterocycles. The fourth-order valence-electron chi connectivity index (χ4n) is 2.08. The number of nitrogens with one attached hydrogen (secondary N) is 1. The third-order valence-electron chi connectivity index (χ3n) is 2.92. The lowest BCUT2D eigenvalue weighted by molar-refractivity contribution is 0.319. The Morgan fingerprint density at radius 1 is 1.29 bits per heavy atom. The molecule has 4 nitrogen and oxygen atoms in total. The van der Waals surface area contributed by atoms with Crippen molar-refractivity contribution >= 4 is 12.4 Å². The predicted octanol–water partition coefficient (Wildman–Crippen LogP) is 2.19. The molecule has 0 radical (unpaired) electrons. The first-order valence-electron chi connectivity index (χ1n) is 5.43. The number of nitrogens with zero attached hydrogens (tertiary/aromatic N) is 2. The van der Waals surface area contributed by atoms with Crippen LogP contribution in [0.25, 0.3) is 0 Å². The molecule has 5 heteroatoms. The van der Waals surface area contributed by atoms with Crippen molar-refractivity contribution in [2.45, 2.75) is 25.9 Å². The van der Waals surface area contributed by atoms with Gasteiger partial charge in [0.25, 0.3) is 0 Å². The molecule has 0 saturated heterocycles. The van der Waals surface area contributed by atoms with Crippen LogP contribution < -0.4 is 5.32 Å². The van der Waals surface area contributed by atoms with Crippen LogP contribution in [0.4, 0.5) is 0 Å². The van der Waals surface area contributed by atoms with Gasteiger partial charge in [0.2, 0.25) is 5.89 Å². The third kappa shape index (κ3) is 2.33. The third-order valence-corrected chi connectivity index (χ3v) is 2.92. The van der Waals surface area contributed by atoms with Crippen molar-refractivity contribution in [2.24, 2.45) is 0 Å². The molecular weight excluding hydrogens is 238 g/mol. The van der Waals surface area contributed by atoms with Crippen molar-refractivity contribution in [1.29, 1.82) is 0 Å². The van der Waals surface area contributed by atoms with E-state index in [4.69, 9.17) is 4.52 Å². The van der Waals surface area contributed by atoms with Gasteiger partial charge in [-0.25, -0.2) is 0 Å². The van der Waals surface area contributed by atoms with Crippen LogP contribution in [0.1, 0.15) is 28.9 Å². The van der Waals surface area contributed by atoms with E-state index in [0.717, 1.165) is 13.0 Å². The zero-order valence-electron chi connectivity index (χ0n) is 9.51. The summed E-state index contributed by atoms with van der Waals surface area (Å²) in [4.78, 5) is 4.27. The monoisotopic (exact) mass is 251 g/mol. The van der Waals surface area contributed by atoms with Crippen molar-refractivity contribution in [3.8, 4) is 0 Å². The fourth-order valence-corrected chi connectivity index (χ4v) is 2.08. The molecule has 0 fully saturated rings. The topological polar surface area (TPSA) is 51.0 Å². The maximum absolute atomic E-state index is 5.20. The summed E-state index contributed by atoms with van der Waals surface area (Å²) in [5.74, 6) is 1.38. The molecule has 1 aromatic carbocycles. The maximum Gasteiger partial charge on any atom is 0.244 e. The first kappa shape index (κ1) is 12.1. The van der Waals surface area contributed by atoms with E-state index in [1.807, 2.05) is 6.92 Å². The lowest BCUT2D eigenvalue weighted by Crippen LogP contribution is -2.28. The highest BCUT2D eigenvalue weighted by Gasteiger charge is 2.23. The van der Waals surface area contributed by atoms with E-state index in [1.54, 1.807) is 0 Å². The lowest BCUT2D eigenvalue weighted by atomic mass is 9.96. The van der Waals surface area contributed by atoms with E-state index < -0.39 is 0 Å². The minimum absolute atomic E-state index is 0. The van der Waals surface area contributed by atoms with Gasteiger partial charge in [0.15, 0.2) is 5.82 Å². The predicted molar refractivity (Wildman–Crippen MR) is 66.0 cm³/mol. The summed E-state index contributed by atoms with van der Waals surface area (Å²) in [5.41, 5.74) is 2.72. The first-order chi connectivity index (χ1) is 7.83. The molecule has 1 atom stereocenters. The van der Waals surface area contributed by atoms with Gasteiger partial charge in [-0.05, 0) is 24.5 Å². The van der Waals surface area contributed by atoms with E-state index in [9.17, 15) is 0 Å². The van der Waals surface area contributed by atoms with Gasteiger partial charge in [-0.15, -0.1) is 12.4 Å². The van der Waals surface area contributed by atoms with E-state index in [1.165, 1.54) is 11.1 Å². The van der Waals surface area contributed by atoms with Crippen LogP contribution >= 0.6 is 12.4 Å². The molecule has 90 valence electrons. The molecule has 17 heavy (non-hydrogen) atoms. The van der Waals surface area contributed by atoms with Crippen LogP contribution in [0, 0.1) is 6.92 Å². The highest BCUT2D eigenvalue weighted by atomic mass is 35.5. The summed E-state index contributed by atoms with van der Waals surface area (Å²) < 4.78 is 5.20. The Bertz CT molecular complexity index is 512. The minimum Gasteiger partial charge on any atom is -0.338 e. The number of rotatable bonds is 1. The van der Waals surface area contributed by atoms with Gasteiger partial charge in [-0.3, -0.25) is 0 Å². The minimum atomic E-state index is 0. The molecule has 1 aliphatic rings. The maximum atomic E-state index is 5.20. The van der Waals surface area contributed by atoms with Gasteiger partial charge in [-0.2, -0.15) is 4.98 Å². The first-order valence-corrected chi connectivity index (χ1v) is 5.43. The molecule has 0 aliphatic carbocycles. The molecule has 2 aromatic rings. The highest BCUT2D eigenvalue weighted by Crippen LogP contribution is 2.24. The summed E-state index contributed by atoms with van der Waals surface area (Å²) in [6, 6.07) is 8.60. The van der Waals surface area contributed by atoms with Crippen LogP contribution in [0.5, 0.6) is 0 Å². The molecule has 0 unspecified atom stereocenters. The second kappa shape index (κ2) is 4.85. The Morgan fingerprint density at radius 2 is 2.06 bits per heavy atom. The lowest BCUT2D eigenvalue weighted by Gasteiger charge is -2.23. The van der Waals surface area contributed by atoms with Gasteiger partial charge in [-0.1, -0.05) is 29.4 Å². The second-order valence-electron chi connectivity index (χ2n) is 4.09. The Hall–Kier alpha value is -1.39. The van der Waals surface area contributed by atoms with E-state index >= 15 is 0 Å². The van der Waals surface area contributed by atoms with E-state index in [2.05, 4.69) is 39.7 Å². The van der Waals surface area contributed by atoms with Crippen LogP contribution in [-0.4, -0.2) is 10.1 Å². The van der Waals surface area contributed by atoms with Gasteiger partial charge >= 0.3 is 0 Å². The van der Waals surface area contributed by atoms with Crippen LogP contribution in [0.15, 0.2) is 28.8 Å². The summed E-state index contributed by atoms with van der Waals surface area (Å²) >= 11 is 0. The summed E-state index contributed by atoms with van der Waals surface area (Å²) in [7, 11) is 0.